The molecule has 0 radical (unpaired) electrons. The van der Waals surface area contributed by atoms with Crippen molar-refractivity contribution >= 4 is 15.9 Å². The van der Waals surface area contributed by atoms with Crippen LogP contribution in [0.25, 0.3) is 0 Å². The first-order valence-corrected chi connectivity index (χ1v) is 10.2. The Labute approximate surface area is 157 Å². The van der Waals surface area contributed by atoms with Crippen LogP contribution in [0.2, 0.25) is 0 Å². The molecule has 0 aliphatic carbocycles. The molecule has 27 heavy (non-hydrogen) atoms. The number of nitrogens with one attached hydrogen (secondary N) is 1. The summed E-state index contributed by atoms with van der Waals surface area (Å²) in [5.41, 5.74) is 0.189. The number of hydrogen-bond acceptors (Lipinski definition) is 5. The molecule has 1 atom stereocenters. The van der Waals surface area contributed by atoms with Gasteiger partial charge in [-0.15, -0.1) is 5.10 Å². The maximum Gasteiger partial charge on any atom is 0.273 e. The molecule has 1 aliphatic heterocycles. The maximum atomic E-state index is 13.4. The van der Waals surface area contributed by atoms with Crippen molar-refractivity contribution in [3.8, 4) is 0 Å². The highest BCUT2D eigenvalue weighted by Gasteiger charge is 2.32. The summed E-state index contributed by atoms with van der Waals surface area (Å²) in [6.07, 6.45) is 2.87. The third-order valence-corrected chi connectivity index (χ3v) is 6.19. The lowest BCUT2D eigenvalue weighted by Gasteiger charge is -2.31. The summed E-state index contributed by atoms with van der Waals surface area (Å²) in [4.78, 5) is 12.0. The molecular weight excluding hydrogens is 373 g/mol. The lowest BCUT2D eigenvalue weighted by Crippen LogP contribution is -2.40. The minimum absolute atomic E-state index is 0.0239. The van der Waals surface area contributed by atoms with Crippen LogP contribution >= 0.6 is 0 Å². The second-order valence-corrected chi connectivity index (χ2v) is 8.77. The van der Waals surface area contributed by atoms with Gasteiger partial charge in [0.1, 0.15) is 5.82 Å². The molecular formula is C17H22FN5O3S. The molecule has 1 fully saturated rings. The molecule has 0 bridgehead atoms. The largest absolute Gasteiger partial charge is 0.348 e. The Morgan fingerprint density at radius 1 is 1.37 bits per heavy atom. The van der Waals surface area contributed by atoms with Crippen LogP contribution in [0.5, 0.6) is 0 Å². The molecule has 10 heteroatoms. The van der Waals surface area contributed by atoms with E-state index in [0.717, 1.165) is 6.07 Å². The number of rotatable bonds is 5. The second kappa shape index (κ2) is 7.73. The Balaban J connectivity index is 1.77. The highest BCUT2D eigenvalue weighted by Crippen LogP contribution is 2.26. The van der Waals surface area contributed by atoms with E-state index in [1.54, 1.807) is 0 Å². The van der Waals surface area contributed by atoms with Gasteiger partial charge in [0.25, 0.3) is 5.91 Å². The number of nitrogens with zero attached hydrogens (tertiary/aromatic N) is 4. The SMILES string of the molecule is CC(C)NC(=O)c1cn([C@@H]2CCCN(S(=O)(=O)c3cccc(F)c3)C2)nn1. The van der Waals surface area contributed by atoms with Crippen LogP contribution < -0.4 is 5.32 Å². The van der Waals surface area contributed by atoms with Gasteiger partial charge in [0, 0.05) is 19.1 Å². The first kappa shape index (κ1) is 19.4. The molecule has 1 N–H and O–H groups in total. The molecule has 2 aromatic rings. The third-order valence-electron chi connectivity index (χ3n) is 4.33. The molecule has 1 aromatic carbocycles. The average Bonchev–Trinajstić information content (AvgIpc) is 3.11. The Hall–Kier alpha value is -2.33. The fourth-order valence-electron chi connectivity index (χ4n) is 3.03. The zero-order valence-corrected chi connectivity index (χ0v) is 16.0. The van der Waals surface area contributed by atoms with Gasteiger partial charge in [-0.05, 0) is 44.9 Å². The maximum absolute atomic E-state index is 13.4. The standard InChI is InChI=1S/C17H22FN5O3S/c1-12(2)19-17(24)16-11-23(21-20-16)14-6-4-8-22(10-14)27(25,26)15-7-3-5-13(18)9-15/h3,5,7,9,11-12,14H,4,6,8,10H2,1-2H3,(H,19,24)/t14-/m1/s1. The molecule has 146 valence electrons. The van der Waals surface area contributed by atoms with Gasteiger partial charge in [-0.1, -0.05) is 11.3 Å². The number of carbonyl (C=O) groups excluding carboxylic acids is 1. The fourth-order valence-corrected chi connectivity index (χ4v) is 4.57. The molecule has 1 amide bonds. The fraction of sp³-hybridized carbons (Fsp3) is 0.471. The summed E-state index contributed by atoms with van der Waals surface area (Å²) in [6.45, 7) is 4.23. The van der Waals surface area contributed by atoms with Gasteiger partial charge in [0.15, 0.2) is 5.69 Å². The van der Waals surface area contributed by atoms with Crippen molar-refractivity contribution in [2.45, 2.75) is 43.7 Å². The number of piperidine rings is 1. The van der Waals surface area contributed by atoms with Crippen molar-refractivity contribution in [2.24, 2.45) is 0 Å². The number of amides is 1. The van der Waals surface area contributed by atoms with Crippen molar-refractivity contribution < 1.29 is 17.6 Å². The summed E-state index contributed by atoms with van der Waals surface area (Å²) in [6, 6.07) is 4.71. The van der Waals surface area contributed by atoms with Gasteiger partial charge in [-0.3, -0.25) is 4.79 Å². The molecule has 8 nitrogen and oxygen atoms in total. The van der Waals surface area contributed by atoms with Gasteiger partial charge in [0.2, 0.25) is 10.0 Å². The van der Waals surface area contributed by atoms with Gasteiger partial charge < -0.3 is 5.32 Å². The predicted octanol–water partition coefficient (Wildman–Crippen LogP) is 1.58. The van der Waals surface area contributed by atoms with Crippen LogP contribution in [-0.4, -0.2) is 52.8 Å². The summed E-state index contributed by atoms with van der Waals surface area (Å²) >= 11 is 0. The summed E-state index contributed by atoms with van der Waals surface area (Å²) < 4.78 is 41.9. The van der Waals surface area contributed by atoms with Crippen molar-refractivity contribution in [3.63, 3.8) is 0 Å². The van der Waals surface area contributed by atoms with Crippen LogP contribution in [0.1, 0.15) is 43.2 Å². The van der Waals surface area contributed by atoms with E-state index in [-0.39, 0.29) is 35.1 Å². The zero-order chi connectivity index (χ0) is 19.6. The van der Waals surface area contributed by atoms with Crippen LogP contribution in [0, 0.1) is 5.82 Å². The van der Waals surface area contributed by atoms with E-state index in [2.05, 4.69) is 15.6 Å². The molecule has 0 saturated carbocycles. The highest BCUT2D eigenvalue weighted by atomic mass is 32.2. The van der Waals surface area contributed by atoms with Crippen molar-refractivity contribution in [2.75, 3.05) is 13.1 Å². The van der Waals surface area contributed by atoms with E-state index in [9.17, 15) is 17.6 Å². The monoisotopic (exact) mass is 395 g/mol. The predicted molar refractivity (Wildman–Crippen MR) is 96.1 cm³/mol. The van der Waals surface area contributed by atoms with E-state index in [1.165, 1.54) is 33.4 Å². The molecule has 1 saturated heterocycles. The summed E-state index contributed by atoms with van der Waals surface area (Å²) in [7, 11) is -3.80. The van der Waals surface area contributed by atoms with Gasteiger partial charge in [0.05, 0.1) is 17.1 Å². The number of hydrogen-bond donors (Lipinski definition) is 1. The lowest BCUT2D eigenvalue weighted by atomic mass is 10.1. The Morgan fingerprint density at radius 3 is 2.85 bits per heavy atom. The minimum Gasteiger partial charge on any atom is -0.348 e. The highest BCUT2D eigenvalue weighted by molar-refractivity contribution is 7.89. The first-order valence-electron chi connectivity index (χ1n) is 8.76. The van der Waals surface area contributed by atoms with Crippen LogP contribution in [0.15, 0.2) is 35.4 Å². The molecule has 1 aromatic heterocycles. The van der Waals surface area contributed by atoms with Crippen molar-refractivity contribution in [1.82, 2.24) is 24.6 Å². The smallest absolute Gasteiger partial charge is 0.273 e. The van der Waals surface area contributed by atoms with Crippen molar-refractivity contribution in [1.29, 1.82) is 0 Å². The van der Waals surface area contributed by atoms with E-state index in [4.69, 9.17) is 0 Å². The summed E-state index contributed by atoms with van der Waals surface area (Å²) in [5.74, 6) is -0.919. The van der Waals surface area contributed by atoms with E-state index in [1.807, 2.05) is 13.8 Å². The molecule has 1 aliphatic rings. The van der Waals surface area contributed by atoms with E-state index < -0.39 is 15.8 Å². The van der Waals surface area contributed by atoms with Gasteiger partial charge >= 0.3 is 0 Å². The van der Waals surface area contributed by atoms with Crippen LogP contribution in [0.3, 0.4) is 0 Å². The molecule has 0 spiro atoms. The Bertz CT molecular complexity index is 928. The molecule has 0 unspecified atom stereocenters. The number of benzene rings is 1. The third kappa shape index (κ3) is 4.33. The first-order chi connectivity index (χ1) is 12.8. The molecule has 2 heterocycles. The van der Waals surface area contributed by atoms with Crippen molar-refractivity contribution in [3.05, 3.63) is 42.0 Å². The average molecular weight is 395 g/mol. The Morgan fingerprint density at radius 2 is 2.15 bits per heavy atom. The normalized spacial score (nSPS) is 18.6. The number of sulfonamides is 1. The number of halogens is 1. The van der Waals surface area contributed by atoms with Crippen LogP contribution in [0.4, 0.5) is 4.39 Å². The zero-order valence-electron chi connectivity index (χ0n) is 15.2. The number of aromatic nitrogens is 3. The van der Waals surface area contributed by atoms with Gasteiger partial charge in [-0.2, -0.15) is 4.31 Å². The molecule has 3 rings (SSSR count). The van der Waals surface area contributed by atoms with Gasteiger partial charge in [-0.25, -0.2) is 17.5 Å². The van der Waals surface area contributed by atoms with E-state index >= 15 is 0 Å². The summed E-state index contributed by atoms with van der Waals surface area (Å²) in [5, 5.41) is 10.6. The topological polar surface area (TPSA) is 97.2 Å². The quantitative estimate of drug-likeness (QED) is 0.829. The Kier molecular flexibility index (Phi) is 5.56. The van der Waals surface area contributed by atoms with Crippen LogP contribution in [-0.2, 0) is 10.0 Å². The van der Waals surface area contributed by atoms with E-state index in [0.29, 0.717) is 19.4 Å². The number of carbonyl (C=O) groups is 1. The minimum atomic E-state index is -3.80. The second-order valence-electron chi connectivity index (χ2n) is 6.83. The lowest BCUT2D eigenvalue weighted by molar-refractivity contribution is 0.0938.